The molecule has 0 unspecified atom stereocenters. The van der Waals surface area contributed by atoms with Crippen LogP contribution in [0.4, 0.5) is 0 Å². The summed E-state index contributed by atoms with van der Waals surface area (Å²) in [6.45, 7) is 1.64. The van der Waals surface area contributed by atoms with E-state index in [9.17, 15) is 14.4 Å². The highest BCUT2D eigenvalue weighted by atomic mass is 79.9. The van der Waals surface area contributed by atoms with Crippen LogP contribution in [0.25, 0.3) is 0 Å². The number of ether oxygens (including phenoxy) is 2. The van der Waals surface area contributed by atoms with Crippen LogP contribution in [0.15, 0.2) is 20.3 Å². The van der Waals surface area contributed by atoms with E-state index in [0.717, 1.165) is 9.13 Å². The summed E-state index contributed by atoms with van der Waals surface area (Å²) in [5, 5.41) is 0. The number of carbonyl (C=O) groups excluding carboxylic acids is 1. The Morgan fingerprint density at radius 2 is 2.05 bits per heavy atom. The lowest BCUT2D eigenvalue weighted by molar-refractivity contribution is -0.141. The fourth-order valence-corrected chi connectivity index (χ4v) is 2.05. The number of halogens is 1. The molecule has 0 aliphatic rings. The molecule has 8 heteroatoms. The topological polar surface area (TPSA) is 79.5 Å². The normalized spacial score (nSPS) is 12.2. The van der Waals surface area contributed by atoms with Gasteiger partial charge in [-0.25, -0.2) is 4.79 Å². The van der Waals surface area contributed by atoms with Crippen molar-refractivity contribution in [3.8, 4) is 0 Å². The minimum absolute atomic E-state index is 0.193. The van der Waals surface area contributed by atoms with Crippen LogP contribution in [-0.4, -0.2) is 35.9 Å². The molecule has 1 aromatic rings. The van der Waals surface area contributed by atoms with Gasteiger partial charge in [0.25, 0.3) is 5.56 Å². The molecule has 0 aliphatic heterocycles. The van der Waals surface area contributed by atoms with Crippen LogP contribution in [0.1, 0.15) is 13.0 Å². The van der Waals surface area contributed by atoms with E-state index in [4.69, 9.17) is 4.74 Å². The van der Waals surface area contributed by atoms with Crippen LogP contribution in [0, 0.1) is 0 Å². The third-order valence-electron chi connectivity index (χ3n) is 2.52. The number of hydrogen-bond acceptors (Lipinski definition) is 5. The fourth-order valence-electron chi connectivity index (χ4n) is 1.61. The summed E-state index contributed by atoms with van der Waals surface area (Å²) in [4.78, 5) is 35.3. The Balaban J connectivity index is 3.34. The molecule has 0 aliphatic carbocycles. The van der Waals surface area contributed by atoms with Gasteiger partial charge in [-0.15, -0.1) is 0 Å². The summed E-state index contributed by atoms with van der Waals surface area (Å²) < 4.78 is 11.8. The molecule has 1 heterocycles. The van der Waals surface area contributed by atoms with Gasteiger partial charge in [-0.2, -0.15) is 0 Å². The quantitative estimate of drug-likeness (QED) is 0.716. The molecule has 0 aromatic carbocycles. The van der Waals surface area contributed by atoms with Crippen LogP contribution < -0.4 is 11.2 Å². The number of rotatable bonds is 5. The Kier molecular flexibility index (Phi) is 5.49. The maximum atomic E-state index is 12.2. The largest absolute Gasteiger partial charge is 0.468 e. The van der Waals surface area contributed by atoms with Gasteiger partial charge in [0.2, 0.25) is 0 Å². The minimum Gasteiger partial charge on any atom is -0.468 e. The molecule has 0 radical (unpaired) electrons. The second kappa shape index (κ2) is 6.67. The van der Waals surface area contributed by atoms with Crippen molar-refractivity contribution in [2.75, 3.05) is 20.8 Å². The van der Waals surface area contributed by atoms with Crippen molar-refractivity contribution in [2.24, 2.45) is 0 Å². The Bertz CT molecular complexity index is 577. The van der Waals surface area contributed by atoms with Gasteiger partial charge in [-0.3, -0.25) is 18.7 Å². The zero-order chi connectivity index (χ0) is 14.6. The van der Waals surface area contributed by atoms with Crippen molar-refractivity contribution < 1.29 is 14.3 Å². The average Bonchev–Trinajstić information content (AvgIpc) is 2.36. The van der Waals surface area contributed by atoms with E-state index in [1.54, 1.807) is 6.92 Å². The minimum atomic E-state index is -0.580. The first-order chi connectivity index (χ1) is 8.92. The molecule has 0 spiro atoms. The van der Waals surface area contributed by atoms with Gasteiger partial charge < -0.3 is 9.47 Å². The lowest BCUT2D eigenvalue weighted by atomic mass is 10.3. The van der Waals surface area contributed by atoms with Gasteiger partial charge in [0.1, 0.15) is 6.54 Å². The molecular formula is C11H15BrN2O5. The summed E-state index contributed by atoms with van der Waals surface area (Å²) in [7, 11) is 2.71. The SMILES string of the molecule is COC[C@@H](C)n1c(=O)c(Br)cn(CC(=O)OC)c1=O. The molecule has 0 N–H and O–H groups in total. The molecule has 0 saturated carbocycles. The molecule has 106 valence electrons. The van der Waals surface area contributed by atoms with E-state index in [2.05, 4.69) is 20.7 Å². The second-order valence-electron chi connectivity index (χ2n) is 3.94. The zero-order valence-corrected chi connectivity index (χ0v) is 12.5. The van der Waals surface area contributed by atoms with Crippen molar-refractivity contribution in [2.45, 2.75) is 19.5 Å². The standard InChI is InChI=1S/C11H15BrN2O5/c1-7(6-18-2)14-10(16)8(12)4-13(11(14)17)5-9(15)19-3/h4,7H,5-6H2,1-3H3/t7-/m1/s1. The van der Waals surface area contributed by atoms with Crippen LogP contribution in [0.2, 0.25) is 0 Å². The number of hydrogen-bond donors (Lipinski definition) is 0. The molecule has 7 nitrogen and oxygen atoms in total. The molecule has 19 heavy (non-hydrogen) atoms. The smallest absolute Gasteiger partial charge is 0.331 e. The third-order valence-corrected chi connectivity index (χ3v) is 3.06. The number of methoxy groups -OCH3 is 2. The third kappa shape index (κ3) is 3.54. The molecular weight excluding hydrogens is 320 g/mol. The first-order valence-corrected chi connectivity index (χ1v) is 6.28. The summed E-state index contributed by atoms with van der Waals surface area (Å²) in [5.41, 5.74) is -1.04. The predicted molar refractivity (Wildman–Crippen MR) is 71.3 cm³/mol. The van der Waals surface area contributed by atoms with Crippen LogP contribution in [-0.2, 0) is 20.8 Å². The van der Waals surface area contributed by atoms with E-state index in [1.165, 1.54) is 20.4 Å². The van der Waals surface area contributed by atoms with Crippen molar-refractivity contribution >= 4 is 21.9 Å². The molecule has 0 amide bonds. The fraction of sp³-hybridized carbons (Fsp3) is 0.545. The van der Waals surface area contributed by atoms with Gasteiger partial charge in [-0.05, 0) is 22.9 Å². The van der Waals surface area contributed by atoms with E-state index in [-0.39, 0.29) is 17.6 Å². The Labute approximate surface area is 117 Å². The van der Waals surface area contributed by atoms with E-state index < -0.39 is 23.3 Å². The maximum Gasteiger partial charge on any atom is 0.331 e. The highest BCUT2D eigenvalue weighted by Crippen LogP contribution is 2.04. The number of aromatic nitrogens is 2. The highest BCUT2D eigenvalue weighted by molar-refractivity contribution is 9.10. The first-order valence-electron chi connectivity index (χ1n) is 5.49. The van der Waals surface area contributed by atoms with Gasteiger partial charge in [-0.1, -0.05) is 0 Å². The van der Waals surface area contributed by atoms with Crippen LogP contribution >= 0.6 is 15.9 Å². The van der Waals surface area contributed by atoms with Crippen LogP contribution in [0.3, 0.4) is 0 Å². The summed E-state index contributed by atoms with van der Waals surface area (Å²) in [6, 6.07) is -0.439. The molecule has 1 aromatic heterocycles. The van der Waals surface area contributed by atoms with Gasteiger partial charge in [0.15, 0.2) is 0 Å². The predicted octanol–water partition coefficient (Wildman–Crippen LogP) is 0.153. The van der Waals surface area contributed by atoms with Crippen molar-refractivity contribution in [1.29, 1.82) is 0 Å². The first kappa shape index (κ1) is 15.6. The van der Waals surface area contributed by atoms with E-state index in [1.807, 2.05) is 0 Å². The Morgan fingerprint density at radius 1 is 1.42 bits per heavy atom. The maximum absolute atomic E-state index is 12.2. The number of carbonyl (C=O) groups is 1. The van der Waals surface area contributed by atoms with Gasteiger partial charge >= 0.3 is 11.7 Å². The molecule has 0 bridgehead atoms. The van der Waals surface area contributed by atoms with Crippen LogP contribution in [0.5, 0.6) is 0 Å². The Hall–Kier alpha value is -1.41. The van der Waals surface area contributed by atoms with Crippen molar-refractivity contribution in [3.05, 3.63) is 31.5 Å². The van der Waals surface area contributed by atoms with Gasteiger partial charge in [0.05, 0.1) is 24.2 Å². The van der Waals surface area contributed by atoms with Crippen molar-refractivity contribution in [1.82, 2.24) is 9.13 Å². The van der Waals surface area contributed by atoms with Gasteiger partial charge in [0, 0.05) is 13.3 Å². The molecule has 0 fully saturated rings. The average molecular weight is 335 g/mol. The molecule has 1 rings (SSSR count). The molecule has 1 atom stereocenters. The Morgan fingerprint density at radius 3 is 2.58 bits per heavy atom. The zero-order valence-electron chi connectivity index (χ0n) is 10.9. The van der Waals surface area contributed by atoms with E-state index >= 15 is 0 Å². The number of nitrogens with zero attached hydrogens (tertiary/aromatic N) is 2. The lowest BCUT2D eigenvalue weighted by Gasteiger charge is -2.15. The summed E-state index contributed by atoms with van der Waals surface area (Å²) in [6.07, 6.45) is 1.28. The van der Waals surface area contributed by atoms with E-state index in [0.29, 0.717) is 0 Å². The second-order valence-corrected chi connectivity index (χ2v) is 4.80. The van der Waals surface area contributed by atoms with Crippen molar-refractivity contribution in [3.63, 3.8) is 0 Å². The summed E-state index contributed by atoms with van der Waals surface area (Å²) in [5.74, 6) is -0.571. The number of esters is 1. The highest BCUT2D eigenvalue weighted by Gasteiger charge is 2.16. The summed E-state index contributed by atoms with van der Waals surface area (Å²) >= 11 is 3.08. The monoisotopic (exact) mass is 334 g/mol. The lowest BCUT2D eigenvalue weighted by Crippen LogP contribution is -2.43. The molecule has 0 saturated heterocycles.